The minimum absolute atomic E-state index is 0.0589. The third-order valence-corrected chi connectivity index (χ3v) is 12.3. The van der Waals surface area contributed by atoms with E-state index in [2.05, 4.69) is 31.9 Å². The van der Waals surface area contributed by atoms with E-state index in [4.69, 9.17) is 32.9 Å². The molecule has 2 aromatic carbocycles. The van der Waals surface area contributed by atoms with Crippen molar-refractivity contribution in [3.05, 3.63) is 93.2 Å². The van der Waals surface area contributed by atoms with Crippen molar-refractivity contribution in [3.8, 4) is 17.2 Å². The molecule has 5 fully saturated rings. The van der Waals surface area contributed by atoms with Gasteiger partial charge in [-0.3, -0.25) is 9.78 Å². The third-order valence-electron chi connectivity index (χ3n) is 11.5. The summed E-state index contributed by atoms with van der Waals surface area (Å²) in [4.78, 5) is 25.1. The average molecular weight is 724 g/mol. The largest absolute Gasteiger partial charge is 0.372 e. The number of nitrogens with zero attached hydrogens (tertiary/aromatic N) is 5. The number of aromatic nitrogens is 3. The fourth-order valence-corrected chi connectivity index (χ4v) is 9.19. The summed E-state index contributed by atoms with van der Waals surface area (Å²) in [5, 5.41) is 15.5. The molecule has 11 heteroatoms. The topological polar surface area (TPSA) is 96.1 Å². The van der Waals surface area contributed by atoms with Gasteiger partial charge in [-0.25, -0.2) is 9.37 Å². The lowest BCUT2D eigenvalue weighted by molar-refractivity contribution is -0.134. The molecule has 3 saturated heterocycles. The maximum absolute atomic E-state index is 17.2. The number of benzene rings is 2. The van der Waals surface area contributed by atoms with Crippen molar-refractivity contribution in [1.29, 1.82) is 5.26 Å². The highest BCUT2D eigenvalue weighted by molar-refractivity contribution is 6.43. The van der Waals surface area contributed by atoms with Crippen LogP contribution in [0.5, 0.6) is 0 Å². The second-order valence-electron chi connectivity index (χ2n) is 14.6. The van der Waals surface area contributed by atoms with Crippen LogP contribution in [0.2, 0.25) is 10.0 Å². The highest BCUT2D eigenvalue weighted by atomic mass is 35.5. The standard InChI is InChI=1S/C40H37Cl2FN6O2/c1-21-28-17-33(32-16-26(19-48(32)40(50)23-7-8-23)51-20-22-9-12-45-13-10-22)49(38-25-15-31(38)46-18-25)39(28)29-14-24(4-3-11-44)34(36(43)37(29)47-21)27-5-2-6-30(41)35(27)42/h2,5-6,9-10,12-14,17,23,25-26,31-32,38,46H,3-4,7-8,15-16,18-20H2,1H3. The number of nitrogens with one attached hydrogen (secondary N) is 1. The Morgan fingerprint density at radius 3 is 2.69 bits per heavy atom. The summed E-state index contributed by atoms with van der Waals surface area (Å²) < 4.78 is 26.1. The van der Waals surface area contributed by atoms with Gasteiger partial charge in [0, 0.05) is 83.6 Å². The molecular formula is C40H37Cl2FN6O2. The maximum atomic E-state index is 17.2. The van der Waals surface area contributed by atoms with Crippen molar-refractivity contribution in [1.82, 2.24) is 24.8 Å². The van der Waals surface area contributed by atoms with E-state index < -0.39 is 5.82 Å². The Morgan fingerprint density at radius 1 is 1.14 bits per heavy atom. The highest BCUT2D eigenvalue weighted by Crippen LogP contribution is 2.51. The first-order valence-corrected chi connectivity index (χ1v) is 18.6. The quantitative estimate of drug-likeness (QED) is 0.165. The van der Waals surface area contributed by atoms with E-state index in [-0.39, 0.29) is 53.0 Å². The first-order valence-electron chi connectivity index (χ1n) is 17.8. The van der Waals surface area contributed by atoms with E-state index in [0.717, 1.165) is 48.0 Å². The van der Waals surface area contributed by atoms with Crippen molar-refractivity contribution in [2.75, 3.05) is 13.1 Å². The minimum atomic E-state index is -0.477. The van der Waals surface area contributed by atoms with Crippen molar-refractivity contribution in [3.63, 3.8) is 0 Å². The van der Waals surface area contributed by atoms with Gasteiger partial charge < -0.3 is 19.5 Å². The number of halogens is 3. The summed E-state index contributed by atoms with van der Waals surface area (Å²) in [6, 6.07) is 15.8. The zero-order valence-corrected chi connectivity index (χ0v) is 29.7. The lowest BCUT2D eigenvalue weighted by Gasteiger charge is -2.39. The van der Waals surface area contributed by atoms with E-state index in [1.165, 1.54) is 0 Å². The SMILES string of the molecule is Cc1nc2c(F)c(-c3cccc(Cl)c3Cl)c(CCC#N)cc2c2c1cc(C1CC(OCc3ccncc3)CN1C(=O)C1CC1)n2C1C2CNC1C2. The number of hydrogen-bond donors (Lipinski definition) is 1. The fourth-order valence-electron chi connectivity index (χ4n) is 8.80. The number of likely N-dealkylation sites (tertiary alicyclic amines) is 1. The van der Waals surface area contributed by atoms with Crippen molar-refractivity contribution >= 4 is 50.9 Å². The van der Waals surface area contributed by atoms with Gasteiger partial charge in [-0.1, -0.05) is 35.3 Å². The monoisotopic (exact) mass is 722 g/mol. The predicted molar refractivity (Wildman–Crippen MR) is 195 cm³/mol. The Kier molecular flexibility index (Phi) is 8.27. The predicted octanol–water partition coefficient (Wildman–Crippen LogP) is 8.26. The van der Waals surface area contributed by atoms with E-state index in [9.17, 15) is 10.1 Å². The molecule has 1 N–H and O–H groups in total. The van der Waals surface area contributed by atoms with Gasteiger partial charge in [0.05, 0.1) is 46.4 Å². The average Bonchev–Trinajstić information content (AvgIpc) is 3.43. The van der Waals surface area contributed by atoms with E-state index >= 15 is 4.39 Å². The molecule has 3 aromatic heterocycles. The number of aryl methyl sites for hydroxylation is 2. The summed E-state index contributed by atoms with van der Waals surface area (Å²) >= 11 is 13.1. The lowest BCUT2D eigenvalue weighted by Crippen LogP contribution is -2.41. The van der Waals surface area contributed by atoms with Gasteiger partial charge in [-0.2, -0.15) is 5.26 Å². The summed E-state index contributed by atoms with van der Waals surface area (Å²) in [5.74, 6) is 0.195. The van der Waals surface area contributed by atoms with Crippen LogP contribution >= 0.6 is 23.2 Å². The Bertz CT molecular complexity index is 2240. The van der Waals surface area contributed by atoms with Crippen LogP contribution < -0.4 is 5.32 Å². The van der Waals surface area contributed by atoms with Crippen molar-refractivity contribution in [2.24, 2.45) is 11.8 Å². The van der Waals surface area contributed by atoms with Crippen LogP contribution in [0.4, 0.5) is 4.39 Å². The molecule has 2 bridgehead atoms. The van der Waals surface area contributed by atoms with Crippen LogP contribution in [0.1, 0.15) is 66.7 Å². The first kappa shape index (κ1) is 32.8. The molecule has 3 aliphatic heterocycles. The second kappa shape index (κ2) is 12.9. The molecule has 51 heavy (non-hydrogen) atoms. The number of carbonyl (C=O) groups excluding carboxylic acids is 1. The zero-order chi connectivity index (χ0) is 35.0. The zero-order valence-electron chi connectivity index (χ0n) is 28.2. The molecule has 10 rings (SSSR count). The Morgan fingerprint density at radius 2 is 1.96 bits per heavy atom. The van der Waals surface area contributed by atoms with Gasteiger partial charge >= 0.3 is 0 Å². The second-order valence-corrected chi connectivity index (χ2v) is 15.4. The number of nitriles is 1. The minimum Gasteiger partial charge on any atom is -0.372 e. The number of pyridine rings is 2. The summed E-state index contributed by atoms with van der Waals surface area (Å²) in [7, 11) is 0. The molecule has 2 aliphatic carbocycles. The fraction of sp³-hybridized carbons (Fsp3) is 0.400. The molecule has 5 aromatic rings. The molecule has 6 heterocycles. The first-order chi connectivity index (χ1) is 24.8. The van der Waals surface area contributed by atoms with Gasteiger partial charge in [0.25, 0.3) is 0 Å². The van der Waals surface area contributed by atoms with Crippen LogP contribution in [0, 0.1) is 35.9 Å². The van der Waals surface area contributed by atoms with Crippen LogP contribution in [0.15, 0.2) is 54.9 Å². The van der Waals surface area contributed by atoms with Crippen LogP contribution in [-0.2, 0) is 22.6 Å². The maximum Gasteiger partial charge on any atom is 0.226 e. The Hall–Kier alpha value is -4.07. The Labute approximate surface area is 305 Å². The number of fused-ring (bicyclic) bond motifs is 4. The van der Waals surface area contributed by atoms with Gasteiger partial charge in [-0.15, -0.1) is 0 Å². The molecule has 0 radical (unpaired) electrons. The number of amides is 1. The molecule has 5 atom stereocenters. The van der Waals surface area contributed by atoms with Gasteiger partial charge in [-0.05, 0) is 80.0 Å². The van der Waals surface area contributed by atoms with Crippen molar-refractivity contribution in [2.45, 2.75) is 76.3 Å². The van der Waals surface area contributed by atoms with Gasteiger partial charge in [0.2, 0.25) is 5.91 Å². The molecule has 0 spiro atoms. The van der Waals surface area contributed by atoms with Gasteiger partial charge in [0.15, 0.2) is 5.82 Å². The van der Waals surface area contributed by atoms with Crippen LogP contribution in [-0.4, -0.2) is 50.6 Å². The van der Waals surface area contributed by atoms with Crippen molar-refractivity contribution < 1.29 is 13.9 Å². The molecule has 1 amide bonds. The summed E-state index contributed by atoms with van der Waals surface area (Å²) in [6.45, 7) is 3.82. The normalized spacial score (nSPS) is 24.0. The molecular weight excluding hydrogens is 686 g/mol. The van der Waals surface area contributed by atoms with Crippen LogP contribution in [0.25, 0.3) is 32.9 Å². The van der Waals surface area contributed by atoms with E-state index in [1.807, 2.05) is 25.1 Å². The lowest BCUT2D eigenvalue weighted by atomic mass is 9.79. The Balaban J connectivity index is 1.24. The number of rotatable bonds is 9. The smallest absolute Gasteiger partial charge is 0.226 e. The van der Waals surface area contributed by atoms with E-state index in [0.29, 0.717) is 64.7 Å². The van der Waals surface area contributed by atoms with E-state index in [1.54, 1.807) is 30.6 Å². The summed E-state index contributed by atoms with van der Waals surface area (Å²) in [5.41, 5.74) is 5.48. The van der Waals surface area contributed by atoms with Crippen LogP contribution in [0.3, 0.4) is 0 Å². The number of hydrogen-bond acceptors (Lipinski definition) is 6. The number of ether oxygens (including phenoxy) is 1. The highest BCUT2D eigenvalue weighted by Gasteiger charge is 2.51. The molecule has 2 saturated carbocycles. The number of carbonyl (C=O) groups is 1. The molecule has 5 aliphatic rings. The summed E-state index contributed by atoms with van der Waals surface area (Å²) in [6.07, 6.45) is 7.53. The molecule has 5 unspecified atom stereocenters. The molecule has 260 valence electrons. The van der Waals surface area contributed by atoms with Gasteiger partial charge in [0.1, 0.15) is 5.52 Å². The third kappa shape index (κ3) is 5.50. The molecule has 8 nitrogen and oxygen atoms in total.